The highest BCUT2D eigenvalue weighted by Gasteiger charge is 2.24. The standard InChI is InChI=1S/C26H28N4OS/c1-30(2)23-15-25(29-22-9-5-3-8-20(22)23)27-17-11-13-18(14-12-17)28-26(31)21-16-32-24-10-6-4-7-19(21)24/h3-10,15-18H,11-14H2,1-2H3,(H,27,29)(H,28,31). The lowest BCUT2D eigenvalue weighted by Gasteiger charge is -2.30. The summed E-state index contributed by atoms with van der Waals surface area (Å²) >= 11 is 1.63. The summed E-state index contributed by atoms with van der Waals surface area (Å²) in [5, 5.41) is 11.1. The molecule has 2 heterocycles. The van der Waals surface area contributed by atoms with E-state index in [2.05, 4.69) is 60.0 Å². The van der Waals surface area contributed by atoms with Crippen LogP contribution in [0.3, 0.4) is 0 Å². The molecule has 4 aromatic rings. The topological polar surface area (TPSA) is 57.3 Å². The van der Waals surface area contributed by atoms with Crippen molar-refractivity contribution in [2.24, 2.45) is 0 Å². The van der Waals surface area contributed by atoms with Gasteiger partial charge in [0.2, 0.25) is 0 Å². The number of aromatic nitrogens is 1. The van der Waals surface area contributed by atoms with Gasteiger partial charge >= 0.3 is 0 Å². The molecular formula is C26H28N4OS. The molecule has 0 spiro atoms. The predicted molar refractivity (Wildman–Crippen MR) is 135 cm³/mol. The van der Waals surface area contributed by atoms with E-state index in [1.165, 1.54) is 5.69 Å². The number of benzene rings is 2. The maximum atomic E-state index is 12.9. The molecule has 2 N–H and O–H groups in total. The van der Waals surface area contributed by atoms with Crippen LogP contribution < -0.4 is 15.5 Å². The smallest absolute Gasteiger partial charge is 0.252 e. The lowest BCUT2D eigenvalue weighted by atomic mass is 9.91. The first kappa shape index (κ1) is 20.8. The summed E-state index contributed by atoms with van der Waals surface area (Å²) in [6.45, 7) is 0. The van der Waals surface area contributed by atoms with Crippen LogP contribution in [-0.2, 0) is 0 Å². The molecule has 0 unspecified atom stereocenters. The number of anilines is 2. The minimum atomic E-state index is 0.0469. The second kappa shape index (κ2) is 8.79. The molecule has 5 nitrogen and oxygen atoms in total. The molecule has 1 saturated carbocycles. The van der Waals surface area contributed by atoms with Crippen LogP contribution in [0, 0.1) is 0 Å². The highest BCUT2D eigenvalue weighted by molar-refractivity contribution is 7.17. The summed E-state index contributed by atoms with van der Waals surface area (Å²) in [5.74, 6) is 0.968. The van der Waals surface area contributed by atoms with Gasteiger partial charge < -0.3 is 15.5 Å². The Balaban J connectivity index is 1.22. The normalized spacial score (nSPS) is 18.6. The van der Waals surface area contributed by atoms with Gasteiger partial charge in [-0.15, -0.1) is 11.3 Å². The van der Waals surface area contributed by atoms with Gasteiger partial charge in [-0.1, -0.05) is 36.4 Å². The molecule has 0 bridgehead atoms. The maximum Gasteiger partial charge on any atom is 0.252 e. The number of rotatable bonds is 5. The minimum absolute atomic E-state index is 0.0469. The van der Waals surface area contributed by atoms with Crippen LogP contribution in [0.1, 0.15) is 36.0 Å². The zero-order valence-corrected chi connectivity index (χ0v) is 19.3. The lowest BCUT2D eigenvalue weighted by Crippen LogP contribution is -2.40. The van der Waals surface area contributed by atoms with Crippen LogP contribution in [0.15, 0.2) is 60.0 Å². The first-order valence-electron chi connectivity index (χ1n) is 11.2. The van der Waals surface area contributed by atoms with E-state index in [1.54, 1.807) is 11.3 Å². The Labute approximate surface area is 192 Å². The van der Waals surface area contributed by atoms with Crippen LogP contribution in [0.5, 0.6) is 0 Å². The van der Waals surface area contributed by atoms with Gasteiger partial charge in [-0.05, 0) is 37.8 Å². The number of pyridine rings is 1. The zero-order valence-electron chi connectivity index (χ0n) is 18.5. The van der Waals surface area contributed by atoms with Crippen molar-refractivity contribution in [3.05, 3.63) is 65.5 Å². The Morgan fingerprint density at radius 1 is 0.969 bits per heavy atom. The van der Waals surface area contributed by atoms with Gasteiger partial charge in [0.05, 0.1) is 11.1 Å². The molecule has 32 heavy (non-hydrogen) atoms. The number of nitrogens with zero attached hydrogens (tertiary/aromatic N) is 2. The number of nitrogens with one attached hydrogen (secondary N) is 2. The van der Waals surface area contributed by atoms with Crippen molar-refractivity contribution in [2.75, 3.05) is 24.3 Å². The first-order valence-corrected chi connectivity index (χ1v) is 12.1. The zero-order chi connectivity index (χ0) is 22.1. The fourth-order valence-electron chi connectivity index (χ4n) is 4.61. The second-order valence-corrected chi connectivity index (χ2v) is 9.66. The molecule has 0 radical (unpaired) electrons. The molecule has 1 fully saturated rings. The molecule has 2 aromatic heterocycles. The summed E-state index contributed by atoms with van der Waals surface area (Å²) in [4.78, 5) is 19.8. The van der Waals surface area contributed by atoms with E-state index in [0.717, 1.165) is 58.1 Å². The molecule has 1 aliphatic rings. The molecule has 0 atom stereocenters. The molecule has 0 aliphatic heterocycles. The number of para-hydroxylation sites is 1. The molecule has 6 heteroatoms. The van der Waals surface area contributed by atoms with E-state index < -0.39 is 0 Å². The SMILES string of the molecule is CN(C)c1cc(NC2CCC(NC(=O)c3csc4ccccc34)CC2)nc2ccccc12. The third-order valence-corrected chi connectivity index (χ3v) is 7.28. The Morgan fingerprint density at radius 3 is 2.44 bits per heavy atom. The Kier molecular flexibility index (Phi) is 5.70. The van der Waals surface area contributed by atoms with E-state index in [-0.39, 0.29) is 11.9 Å². The van der Waals surface area contributed by atoms with Gasteiger partial charge in [-0.2, -0.15) is 0 Å². The summed E-state index contributed by atoms with van der Waals surface area (Å²) in [6.07, 6.45) is 3.97. The summed E-state index contributed by atoms with van der Waals surface area (Å²) in [7, 11) is 4.13. The van der Waals surface area contributed by atoms with Crippen molar-refractivity contribution in [3.8, 4) is 0 Å². The molecule has 164 valence electrons. The molecule has 0 saturated heterocycles. The van der Waals surface area contributed by atoms with Crippen LogP contribution in [0.4, 0.5) is 11.5 Å². The van der Waals surface area contributed by atoms with Gasteiger partial charge in [0.25, 0.3) is 5.91 Å². The summed E-state index contributed by atoms with van der Waals surface area (Å²) in [5.41, 5.74) is 2.97. The largest absolute Gasteiger partial charge is 0.377 e. The molecule has 1 aliphatic carbocycles. The number of carbonyl (C=O) groups is 1. The summed E-state index contributed by atoms with van der Waals surface area (Å²) in [6, 6.07) is 19.1. The van der Waals surface area contributed by atoms with E-state index in [1.807, 2.05) is 29.6 Å². The van der Waals surface area contributed by atoms with Crippen molar-refractivity contribution in [2.45, 2.75) is 37.8 Å². The number of hydrogen-bond acceptors (Lipinski definition) is 5. The molecule has 2 aromatic carbocycles. The fraction of sp³-hybridized carbons (Fsp3) is 0.308. The Bertz CT molecular complexity index is 1260. The van der Waals surface area contributed by atoms with Crippen LogP contribution >= 0.6 is 11.3 Å². The number of amides is 1. The highest BCUT2D eigenvalue weighted by atomic mass is 32.1. The van der Waals surface area contributed by atoms with E-state index >= 15 is 0 Å². The molecule has 1 amide bonds. The number of fused-ring (bicyclic) bond motifs is 2. The maximum absolute atomic E-state index is 12.9. The van der Waals surface area contributed by atoms with Gasteiger partial charge in [0, 0.05) is 58.8 Å². The third-order valence-electron chi connectivity index (χ3n) is 6.32. The van der Waals surface area contributed by atoms with Crippen LogP contribution in [-0.4, -0.2) is 37.1 Å². The quantitative estimate of drug-likeness (QED) is 0.416. The fourth-order valence-corrected chi connectivity index (χ4v) is 5.55. The second-order valence-electron chi connectivity index (χ2n) is 8.75. The minimum Gasteiger partial charge on any atom is -0.377 e. The molecular weight excluding hydrogens is 416 g/mol. The number of thiophene rings is 1. The van der Waals surface area contributed by atoms with E-state index in [4.69, 9.17) is 4.98 Å². The van der Waals surface area contributed by atoms with E-state index in [9.17, 15) is 4.79 Å². The number of hydrogen-bond donors (Lipinski definition) is 2. The van der Waals surface area contributed by atoms with Gasteiger partial charge in [0.15, 0.2) is 0 Å². The average Bonchev–Trinajstić information content (AvgIpc) is 3.24. The molecule has 5 rings (SSSR count). The first-order chi connectivity index (χ1) is 15.6. The van der Waals surface area contributed by atoms with Crippen molar-refractivity contribution in [1.82, 2.24) is 10.3 Å². The van der Waals surface area contributed by atoms with Crippen LogP contribution in [0.2, 0.25) is 0 Å². The highest BCUT2D eigenvalue weighted by Crippen LogP contribution is 2.30. The van der Waals surface area contributed by atoms with E-state index in [0.29, 0.717) is 6.04 Å². The Morgan fingerprint density at radius 2 is 1.66 bits per heavy atom. The van der Waals surface area contributed by atoms with Gasteiger partial charge in [-0.3, -0.25) is 4.79 Å². The van der Waals surface area contributed by atoms with Crippen molar-refractivity contribution < 1.29 is 4.79 Å². The summed E-state index contributed by atoms with van der Waals surface area (Å²) < 4.78 is 1.16. The average molecular weight is 445 g/mol. The van der Waals surface area contributed by atoms with Gasteiger partial charge in [-0.25, -0.2) is 4.98 Å². The van der Waals surface area contributed by atoms with Crippen molar-refractivity contribution >= 4 is 49.7 Å². The monoisotopic (exact) mass is 444 g/mol. The third kappa shape index (κ3) is 4.15. The van der Waals surface area contributed by atoms with Crippen LogP contribution in [0.25, 0.3) is 21.0 Å². The van der Waals surface area contributed by atoms with Crippen molar-refractivity contribution in [3.63, 3.8) is 0 Å². The van der Waals surface area contributed by atoms with Gasteiger partial charge in [0.1, 0.15) is 5.82 Å². The number of carbonyl (C=O) groups excluding carboxylic acids is 1. The van der Waals surface area contributed by atoms with Crippen molar-refractivity contribution in [1.29, 1.82) is 0 Å². The lowest BCUT2D eigenvalue weighted by molar-refractivity contribution is 0.0928. The Hall–Kier alpha value is -3.12. The predicted octanol–water partition coefficient (Wildman–Crippen LogP) is 5.67.